The van der Waals surface area contributed by atoms with Crippen LogP contribution in [-0.2, 0) is 0 Å². The summed E-state index contributed by atoms with van der Waals surface area (Å²) >= 11 is 2.20. The minimum Gasteiger partial charge on any atom is -0.327 e. The molecule has 2 atom stereocenters. The van der Waals surface area contributed by atoms with E-state index in [2.05, 4.69) is 33.6 Å². The molecule has 0 aliphatic heterocycles. The van der Waals surface area contributed by atoms with Crippen molar-refractivity contribution in [1.29, 1.82) is 0 Å². The molecule has 0 amide bonds. The Labute approximate surface area is 79.3 Å². The zero-order chi connectivity index (χ0) is 7.84. The van der Waals surface area contributed by atoms with Crippen molar-refractivity contribution in [1.82, 2.24) is 4.98 Å². The van der Waals surface area contributed by atoms with Crippen LogP contribution in [0.3, 0.4) is 0 Å². The van der Waals surface area contributed by atoms with Gasteiger partial charge in [0.2, 0.25) is 0 Å². The van der Waals surface area contributed by atoms with E-state index in [1.54, 1.807) is 0 Å². The monoisotopic (exact) mass is 260 g/mol. The highest BCUT2D eigenvalue weighted by Gasteiger charge is 2.34. The number of nitrogens with zero attached hydrogens (tertiary/aromatic N) is 1. The molecule has 58 valence electrons. The van der Waals surface area contributed by atoms with Crippen LogP contribution in [0.1, 0.15) is 17.9 Å². The number of halogens is 1. The second kappa shape index (κ2) is 2.71. The Morgan fingerprint density at radius 2 is 2.27 bits per heavy atom. The number of hydrogen-bond acceptors (Lipinski definition) is 2. The standard InChI is InChI=1S/C8H9IN2/c9-8-2-1-5(4-11-8)6-3-7(6)10/h1-2,4,6-7H,3,10H2/t6-,7+/m1/s1. The zero-order valence-corrected chi connectivity index (χ0v) is 8.15. The van der Waals surface area contributed by atoms with Gasteiger partial charge in [-0.2, -0.15) is 0 Å². The summed E-state index contributed by atoms with van der Waals surface area (Å²) in [5.74, 6) is 0.583. The largest absolute Gasteiger partial charge is 0.327 e. The van der Waals surface area contributed by atoms with Gasteiger partial charge >= 0.3 is 0 Å². The fraction of sp³-hybridized carbons (Fsp3) is 0.375. The van der Waals surface area contributed by atoms with Crippen LogP contribution in [-0.4, -0.2) is 11.0 Å². The first-order valence-corrected chi connectivity index (χ1v) is 4.72. The third kappa shape index (κ3) is 1.54. The van der Waals surface area contributed by atoms with Gasteiger partial charge < -0.3 is 5.73 Å². The topological polar surface area (TPSA) is 38.9 Å². The van der Waals surface area contributed by atoms with Crippen LogP contribution in [0.2, 0.25) is 0 Å². The molecule has 1 aromatic heterocycles. The molecular formula is C8H9IN2. The van der Waals surface area contributed by atoms with Crippen molar-refractivity contribution in [3.05, 3.63) is 27.6 Å². The predicted molar refractivity (Wildman–Crippen MR) is 52.3 cm³/mol. The van der Waals surface area contributed by atoms with Crippen molar-refractivity contribution in [3.8, 4) is 0 Å². The lowest BCUT2D eigenvalue weighted by Crippen LogP contribution is -2.01. The Kier molecular flexibility index (Phi) is 1.85. The van der Waals surface area contributed by atoms with E-state index in [1.807, 2.05) is 12.3 Å². The number of hydrogen-bond donors (Lipinski definition) is 1. The third-order valence-electron chi connectivity index (χ3n) is 2.02. The summed E-state index contributed by atoms with van der Waals surface area (Å²) in [6.07, 6.45) is 3.06. The second-order valence-electron chi connectivity index (χ2n) is 2.92. The molecule has 2 nitrogen and oxygen atoms in total. The molecule has 11 heavy (non-hydrogen) atoms. The molecule has 1 aliphatic carbocycles. The van der Waals surface area contributed by atoms with Crippen molar-refractivity contribution < 1.29 is 0 Å². The summed E-state index contributed by atoms with van der Waals surface area (Å²) in [4.78, 5) is 4.21. The highest BCUT2D eigenvalue weighted by Crippen LogP contribution is 2.38. The Hall–Kier alpha value is -0.160. The van der Waals surface area contributed by atoms with E-state index in [4.69, 9.17) is 5.73 Å². The van der Waals surface area contributed by atoms with Crippen molar-refractivity contribution in [2.75, 3.05) is 0 Å². The van der Waals surface area contributed by atoms with Crippen molar-refractivity contribution in [2.45, 2.75) is 18.4 Å². The molecule has 0 radical (unpaired) electrons. The van der Waals surface area contributed by atoms with Crippen LogP contribution in [0.25, 0.3) is 0 Å². The fourth-order valence-corrected chi connectivity index (χ4v) is 1.52. The Morgan fingerprint density at radius 1 is 1.55 bits per heavy atom. The minimum atomic E-state index is 0.386. The predicted octanol–water partition coefficient (Wildman–Crippen LogP) is 1.50. The molecule has 1 saturated carbocycles. The number of pyridine rings is 1. The van der Waals surface area contributed by atoms with Gasteiger partial charge in [0, 0.05) is 18.2 Å². The lowest BCUT2D eigenvalue weighted by atomic mass is 10.2. The van der Waals surface area contributed by atoms with Crippen LogP contribution in [0, 0.1) is 3.70 Å². The van der Waals surface area contributed by atoms with Crippen LogP contribution in [0.15, 0.2) is 18.3 Å². The van der Waals surface area contributed by atoms with E-state index in [0.29, 0.717) is 12.0 Å². The van der Waals surface area contributed by atoms with Gasteiger partial charge in [-0.25, -0.2) is 0 Å². The molecule has 1 fully saturated rings. The molecular weight excluding hydrogens is 251 g/mol. The Balaban J connectivity index is 2.21. The maximum atomic E-state index is 5.71. The molecule has 2 N–H and O–H groups in total. The molecule has 0 aromatic carbocycles. The molecule has 0 spiro atoms. The van der Waals surface area contributed by atoms with Gasteiger partial charge in [0.15, 0.2) is 0 Å². The van der Waals surface area contributed by atoms with E-state index in [9.17, 15) is 0 Å². The highest BCUT2D eigenvalue weighted by molar-refractivity contribution is 14.1. The average Bonchev–Trinajstić information content (AvgIpc) is 2.69. The van der Waals surface area contributed by atoms with E-state index >= 15 is 0 Å². The van der Waals surface area contributed by atoms with Crippen LogP contribution >= 0.6 is 22.6 Å². The highest BCUT2D eigenvalue weighted by atomic mass is 127. The second-order valence-corrected chi connectivity index (χ2v) is 4.03. The summed E-state index contributed by atoms with van der Waals surface area (Å²) in [5, 5.41) is 0. The summed E-state index contributed by atoms with van der Waals surface area (Å²) in [5.41, 5.74) is 7.00. The molecule has 2 rings (SSSR count). The fourth-order valence-electron chi connectivity index (χ4n) is 1.20. The van der Waals surface area contributed by atoms with Gasteiger partial charge in [-0.1, -0.05) is 6.07 Å². The van der Waals surface area contributed by atoms with Gasteiger partial charge in [-0.05, 0) is 40.6 Å². The molecule has 0 unspecified atom stereocenters. The molecule has 1 aliphatic rings. The smallest absolute Gasteiger partial charge is 0.101 e. The number of rotatable bonds is 1. The van der Waals surface area contributed by atoms with Crippen LogP contribution < -0.4 is 5.73 Å². The SMILES string of the molecule is N[C@H]1C[C@@H]1c1ccc(I)nc1. The molecule has 0 bridgehead atoms. The van der Waals surface area contributed by atoms with Crippen LogP contribution in [0.4, 0.5) is 0 Å². The van der Waals surface area contributed by atoms with Crippen molar-refractivity contribution in [2.24, 2.45) is 5.73 Å². The first-order valence-electron chi connectivity index (χ1n) is 3.64. The Morgan fingerprint density at radius 3 is 2.73 bits per heavy atom. The molecule has 1 heterocycles. The lowest BCUT2D eigenvalue weighted by molar-refractivity contribution is 0.978. The minimum absolute atomic E-state index is 0.386. The summed E-state index contributed by atoms with van der Waals surface area (Å²) in [7, 11) is 0. The summed E-state index contributed by atoms with van der Waals surface area (Å²) in [6, 6.07) is 4.53. The first-order chi connectivity index (χ1) is 5.27. The summed E-state index contributed by atoms with van der Waals surface area (Å²) in [6.45, 7) is 0. The zero-order valence-electron chi connectivity index (χ0n) is 6.00. The van der Waals surface area contributed by atoms with E-state index in [-0.39, 0.29) is 0 Å². The van der Waals surface area contributed by atoms with Gasteiger partial charge in [-0.3, -0.25) is 4.98 Å². The Bertz CT molecular complexity index is 257. The summed E-state index contributed by atoms with van der Waals surface area (Å²) < 4.78 is 1.04. The van der Waals surface area contributed by atoms with Crippen molar-refractivity contribution in [3.63, 3.8) is 0 Å². The molecule has 1 aromatic rings. The van der Waals surface area contributed by atoms with E-state index < -0.39 is 0 Å². The molecule has 0 saturated heterocycles. The van der Waals surface area contributed by atoms with E-state index in [0.717, 1.165) is 10.1 Å². The third-order valence-corrected chi connectivity index (χ3v) is 2.66. The maximum absolute atomic E-state index is 5.71. The van der Waals surface area contributed by atoms with Crippen molar-refractivity contribution >= 4 is 22.6 Å². The normalized spacial score (nSPS) is 28.5. The number of nitrogens with two attached hydrogens (primary N) is 1. The molecule has 3 heteroatoms. The van der Waals surface area contributed by atoms with Crippen LogP contribution in [0.5, 0.6) is 0 Å². The average molecular weight is 260 g/mol. The van der Waals surface area contributed by atoms with Gasteiger partial charge in [0.25, 0.3) is 0 Å². The van der Waals surface area contributed by atoms with Gasteiger partial charge in [-0.15, -0.1) is 0 Å². The lowest BCUT2D eigenvalue weighted by Gasteiger charge is -1.96. The van der Waals surface area contributed by atoms with E-state index in [1.165, 1.54) is 5.56 Å². The number of aromatic nitrogens is 1. The van der Waals surface area contributed by atoms with Gasteiger partial charge in [0.05, 0.1) is 0 Å². The quantitative estimate of drug-likeness (QED) is 0.614. The maximum Gasteiger partial charge on any atom is 0.101 e. The first kappa shape index (κ1) is 7.49. The van der Waals surface area contributed by atoms with Gasteiger partial charge in [0.1, 0.15) is 3.70 Å².